The number of nitrogens with one attached hydrogen (secondary N) is 2. The highest BCUT2D eigenvalue weighted by atomic mass is 35.5. The van der Waals surface area contributed by atoms with E-state index < -0.39 is 23.5 Å². The smallest absolute Gasteiger partial charge is 0.325 e. The molecule has 0 aliphatic rings. The van der Waals surface area contributed by atoms with Crippen molar-refractivity contribution in [3.63, 3.8) is 0 Å². The van der Waals surface area contributed by atoms with Gasteiger partial charge in [-0.3, -0.25) is 20.2 Å². The van der Waals surface area contributed by atoms with E-state index in [0.717, 1.165) is 17.2 Å². The number of nitrogens with zero attached hydrogens (tertiary/aromatic N) is 1. The monoisotopic (exact) mass is 377 g/mol. The number of carbonyl (C=O) groups excluding carboxylic acids is 2. The zero-order valence-electron chi connectivity index (χ0n) is 14.0. The molecule has 2 rings (SSSR count). The predicted molar refractivity (Wildman–Crippen MR) is 96.7 cm³/mol. The quantitative estimate of drug-likeness (QED) is 0.611. The highest BCUT2D eigenvalue weighted by Crippen LogP contribution is 2.29. The first-order chi connectivity index (χ1) is 12.3. The summed E-state index contributed by atoms with van der Waals surface area (Å²) in [5, 5.41) is 15.8. The van der Waals surface area contributed by atoms with E-state index in [1.807, 2.05) is 19.9 Å². The fourth-order valence-corrected chi connectivity index (χ4v) is 2.27. The maximum atomic E-state index is 11.9. The van der Waals surface area contributed by atoms with Gasteiger partial charge in [-0.05, 0) is 43.2 Å². The van der Waals surface area contributed by atoms with E-state index >= 15 is 0 Å². The molecule has 3 amide bonds. The van der Waals surface area contributed by atoms with E-state index in [1.165, 1.54) is 12.1 Å². The summed E-state index contributed by atoms with van der Waals surface area (Å²) in [6.07, 6.45) is 0. The largest absolute Gasteiger partial charge is 0.477 e. The average Bonchev–Trinajstić information content (AvgIpc) is 2.57. The molecule has 0 spiro atoms. The summed E-state index contributed by atoms with van der Waals surface area (Å²) < 4.78 is 5.12. The molecule has 9 heteroatoms. The molecule has 0 aliphatic carbocycles. The van der Waals surface area contributed by atoms with Crippen molar-refractivity contribution in [3.05, 3.63) is 62.7 Å². The van der Waals surface area contributed by atoms with Gasteiger partial charge in [0.1, 0.15) is 0 Å². The Morgan fingerprint density at radius 2 is 1.96 bits per heavy atom. The van der Waals surface area contributed by atoms with Gasteiger partial charge in [0.05, 0.1) is 4.92 Å². The van der Waals surface area contributed by atoms with Gasteiger partial charge < -0.3 is 10.1 Å². The van der Waals surface area contributed by atoms with Crippen LogP contribution < -0.4 is 15.4 Å². The molecule has 0 fully saturated rings. The molecular weight excluding hydrogens is 362 g/mol. The number of ether oxygens (including phenoxy) is 1. The molecule has 0 bridgehead atoms. The van der Waals surface area contributed by atoms with Crippen LogP contribution in [0.25, 0.3) is 0 Å². The number of nitro benzene ring substituents is 1. The maximum absolute atomic E-state index is 11.9. The second-order valence-corrected chi connectivity index (χ2v) is 5.84. The number of carbonyl (C=O) groups is 2. The topological polar surface area (TPSA) is 111 Å². The van der Waals surface area contributed by atoms with Crippen LogP contribution in [0.15, 0.2) is 36.4 Å². The summed E-state index contributed by atoms with van der Waals surface area (Å²) >= 11 is 5.70. The number of rotatable bonds is 5. The van der Waals surface area contributed by atoms with Crippen molar-refractivity contribution in [1.29, 1.82) is 0 Å². The summed E-state index contributed by atoms with van der Waals surface area (Å²) in [5.74, 6) is -0.874. The van der Waals surface area contributed by atoms with E-state index in [9.17, 15) is 19.7 Å². The van der Waals surface area contributed by atoms with Crippen LogP contribution in [0.5, 0.6) is 5.75 Å². The molecule has 0 saturated heterocycles. The number of anilines is 1. The number of imide groups is 1. The first kappa shape index (κ1) is 19.2. The Hall–Kier alpha value is -3.13. The van der Waals surface area contributed by atoms with Crippen LogP contribution in [0.4, 0.5) is 16.2 Å². The van der Waals surface area contributed by atoms with Crippen LogP contribution in [-0.2, 0) is 4.79 Å². The van der Waals surface area contributed by atoms with Gasteiger partial charge in [-0.25, -0.2) is 4.79 Å². The van der Waals surface area contributed by atoms with E-state index in [0.29, 0.717) is 5.69 Å². The lowest BCUT2D eigenvalue weighted by Crippen LogP contribution is -2.37. The van der Waals surface area contributed by atoms with E-state index in [-0.39, 0.29) is 16.5 Å². The van der Waals surface area contributed by atoms with Crippen LogP contribution in [0.3, 0.4) is 0 Å². The normalized spacial score (nSPS) is 10.1. The molecule has 136 valence electrons. The summed E-state index contributed by atoms with van der Waals surface area (Å²) in [5.41, 5.74) is 2.07. The van der Waals surface area contributed by atoms with Gasteiger partial charge in [-0.1, -0.05) is 23.7 Å². The Morgan fingerprint density at radius 3 is 2.65 bits per heavy atom. The highest BCUT2D eigenvalue weighted by molar-refractivity contribution is 6.30. The Labute approximate surface area is 154 Å². The van der Waals surface area contributed by atoms with E-state index in [1.54, 1.807) is 12.1 Å². The fourth-order valence-electron chi connectivity index (χ4n) is 2.10. The summed E-state index contributed by atoms with van der Waals surface area (Å²) in [4.78, 5) is 34.0. The first-order valence-corrected chi connectivity index (χ1v) is 7.89. The second kappa shape index (κ2) is 8.30. The Bertz CT molecular complexity index is 869. The van der Waals surface area contributed by atoms with Gasteiger partial charge in [0.2, 0.25) is 0 Å². The van der Waals surface area contributed by atoms with Gasteiger partial charge in [-0.15, -0.1) is 0 Å². The number of hydrogen-bond acceptors (Lipinski definition) is 5. The van der Waals surface area contributed by atoms with Crippen LogP contribution in [0.2, 0.25) is 5.02 Å². The standard InChI is InChI=1S/C17H16ClN3O5/c1-10-4-3-5-13(11(10)2)19-17(23)20-16(22)9-26-15-7-6-12(18)8-14(15)21(24)25/h3-8H,9H2,1-2H3,(H2,19,20,22,23). The van der Waals surface area contributed by atoms with Crippen molar-refractivity contribution in [2.75, 3.05) is 11.9 Å². The molecule has 0 aromatic heterocycles. The lowest BCUT2D eigenvalue weighted by atomic mass is 10.1. The molecule has 0 atom stereocenters. The Morgan fingerprint density at radius 1 is 1.23 bits per heavy atom. The lowest BCUT2D eigenvalue weighted by molar-refractivity contribution is -0.385. The maximum Gasteiger partial charge on any atom is 0.325 e. The predicted octanol–water partition coefficient (Wildman–Crippen LogP) is 3.59. The average molecular weight is 378 g/mol. The number of amides is 3. The van der Waals surface area contributed by atoms with Gasteiger partial charge in [-0.2, -0.15) is 0 Å². The van der Waals surface area contributed by atoms with Crippen molar-refractivity contribution in [3.8, 4) is 5.75 Å². The number of benzene rings is 2. The number of aryl methyl sites for hydroxylation is 1. The van der Waals surface area contributed by atoms with Gasteiger partial charge in [0.15, 0.2) is 12.4 Å². The summed E-state index contributed by atoms with van der Waals surface area (Å²) in [7, 11) is 0. The third kappa shape index (κ3) is 4.93. The molecule has 2 N–H and O–H groups in total. The minimum atomic E-state index is -0.753. The number of halogens is 1. The second-order valence-electron chi connectivity index (χ2n) is 5.41. The van der Waals surface area contributed by atoms with Gasteiger partial charge in [0, 0.05) is 16.8 Å². The molecular formula is C17H16ClN3O5. The fraction of sp³-hybridized carbons (Fsp3) is 0.176. The molecule has 0 heterocycles. The number of nitro groups is 1. The highest BCUT2D eigenvalue weighted by Gasteiger charge is 2.17. The van der Waals surface area contributed by atoms with Crippen molar-refractivity contribution in [2.45, 2.75) is 13.8 Å². The summed E-state index contributed by atoms with van der Waals surface area (Å²) in [6, 6.07) is 8.46. The van der Waals surface area contributed by atoms with E-state index in [2.05, 4.69) is 10.6 Å². The molecule has 2 aromatic carbocycles. The third-order valence-electron chi connectivity index (χ3n) is 3.58. The van der Waals surface area contributed by atoms with Crippen molar-refractivity contribution in [2.24, 2.45) is 0 Å². The molecule has 0 unspecified atom stereocenters. The zero-order valence-corrected chi connectivity index (χ0v) is 14.8. The molecule has 8 nitrogen and oxygen atoms in total. The van der Waals surface area contributed by atoms with E-state index in [4.69, 9.17) is 16.3 Å². The van der Waals surface area contributed by atoms with Gasteiger partial charge in [0.25, 0.3) is 5.91 Å². The third-order valence-corrected chi connectivity index (χ3v) is 3.82. The molecule has 2 aromatic rings. The minimum Gasteiger partial charge on any atom is -0.477 e. The Balaban J connectivity index is 1.94. The minimum absolute atomic E-state index is 0.121. The van der Waals surface area contributed by atoms with Crippen LogP contribution in [-0.4, -0.2) is 23.5 Å². The van der Waals surface area contributed by atoms with Crippen LogP contribution in [0.1, 0.15) is 11.1 Å². The molecule has 26 heavy (non-hydrogen) atoms. The van der Waals surface area contributed by atoms with Crippen molar-refractivity contribution >= 4 is 34.9 Å². The SMILES string of the molecule is Cc1cccc(NC(=O)NC(=O)COc2ccc(Cl)cc2[N+](=O)[O-])c1C. The zero-order chi connectivity index (χ0) is 19.3. The van der Waals surface area contributed by atoms with Gasteiger partial charge >= 0.3 is 11.7 Å². The van der Waals surface area contributed by atoms with Crippen LogP contribution in [0, 0.1) is 24.0 Å². The lowest BCUT2D eigenvalue weighted by Gasteiger charge is -2.11. The number of hydrogen-bond donors (Lipinski definition) is 2. The van der Waals surface area contributed by atoms with Crippen molar-refractivity contribution < 1.29 is 19.2 Å². The summed E-state index contributed by atoms with van der Waals surface area (Å²) in [6.45, 7) is 3.18. The van der Waals surface area contributed by atoms with Crippen LogP contribution >= 0.6 is 11.6 Å². The molecule has 0 aliphatic heterocycles. The molecule has 0 saturated carbocycles. The first-order valence-electron chi connectivity index (χ1n) is 7.51. The Kier molecular flexibility index (Phi) is 6.13. The number of urea groups is 1. The van der Waals surface area contributed by atoms with Crippen molar-refractivity contribution in [1.82, 2.24) is 5.32 Å². The molecule has 0 radical (unpaired) electrons.